The van der Waals surface area contributed by atoms with E-state index in [-0.39, 0.29) is 24.9 Å². The monoisotopic (exact) mass is 388 g/mol. The lowest BCUT2D eigenvalue weighted by Gasteiger charge is -2.30. The number of benzene rings is 2. The summed E-state index contributed by atoms with van der Waals surface area (Å²) in [6.07, 6.45) is 5.73. The molecule has 0 radical (unpaired) electrons. The van der Waals surface area contributed by atoms with Crippen molar-refractivity contribution in [1.29, 1.82) is 0 Å². The Balaban J connectivity index is 0.00000261. The van der Waals surface area contributed by atoms with E-state index in [0.29, 0.717) is 18.0 Å². The van der Waals surface area contributed by atoms with Crippen LogP contribution in [0, 0.1) is 0 Å². The van der Waals surface area contributed by atoms with Gasteiger partial charge in [-0.25, -0.2) is 0 Å². The van der Waals surface area contributed by atoms with Crippen LogP contribution in [-0.4, -0.2) is 26.2 Å². The maximum absolute atomic E-state index is 12.7. The highest BCUT2D eigenvalue weighted by molar-refractivity contribution is 5.96. The van der Waals surface area contributed by atoms with Crippen molar-refractivity contribution in [2.75, 3.05) is 30.9 Å². The van der Waals surface area contributed by atoms with Gasteiger partial charge in [-0.1, -0.05) is 24.3 Å². The molecule has 144 valence electrons. The normalized spacial score (nSPS) is 13.0. The second-order valence-electron chi connectivity index (χ2n) is 6.19. The van der Waals surface area contributed by atoms with Gasteiger partial charge in [-0.05, 0) is 55.2 Å². The number of amides is 1. The number of allylic oxidation sites excluding steroid dienone is 1. The van der Waals surface area contributed by atoms with Crippen molar-refractivity contribution >= 4 is 35.8 Å². The lowest BCUT2D eigenvalue weighted by Crippen LogP contribution is -2.38. The maximum Gasteiger partial charge on any atom is 0.264 e. The molecule has 3 rings (SSSR count). The van der Waals surface area contributed by atoms with Gasteiger partial charge in [-0.2, -0.15) is 0 Å². The summed E-state index contributed by atoms with van der Waals surface area (Å²) >= 11 is 0. The molecule has 6 heteroatoms. The molecule has 0 saturated carbocycles. The molecule has 2 aromatic carbocycles. The van der Waals surface area contributed by atoms with Gasteiger partial charge in [0.05, 0.1) is 7.11 Å². The molecule has 0 aliphatic carbocycles. The Morgan fingerprint density at radius 2 is 2.07 bits per heavy atom. The Bertz CT molecular complexity index is 836. The van der Waals surface area contributed by atoms with E-state index < -0.39 is 0 Å². The Morgan fingerprint density at radius 1 is 1.26 bits per heavy atom. The third-order valence-corrected chi connectivity index (χ3v) is 4.49. The number of ether oxygens (including phenoxy) is 2. The summed E-state index contributed by atoms with van der Waals surface area (Å²) in [6, 6.07) is 11.3. The summed E-state index contributed by atoms with van der Waals surface area (Å²) in [5.41, 5.74) is 9.74. The van der Waals surface area contributed by atoms with Crippen LogP contribution in [0.25, 0.3) is 6.08 Å². The first-order valence-electron chi connectivity index (χ1n) is 8.75. The van der Waals surface area contributed by atoms with Gasteiger partial charge in [0.2, 0.25) is 0 Å². The second kappa shape index (κ2) is 9.33. The standard InChI is InChI=1S/C21H24N2O3.ClH/c1-3-6-15-10-11-19(20(13-15)25-2)26-14-21(24)23-12-5-7-16-17(22)8-4-9-18(16)23;/h3-4,6,8-11,13H,5,7,12,14,22H2,1-2H3;1H/b6-3+;. The number of halogens is 1. The van der Waals surface area contributed by atoms with Crippen molar-refractivity contribution < 1.29 is 14.3 Å². The lowest BCUT2D eigenvalue weighted by molar-refractivity contribution is -0.120. The molecule has 0 saturated heterocycles. The third-order valence-electron chi connectivity index (χ3n) is 4.49. The van der Waals surface area contributed by atoms with E-state index in [1.54, 1.807) is 12.0 Å². The topological polar surface area (TPSA) is 64.8 Å². The molecule has 1 aliphatic heterocycles. The van der Waals surface area contributed by atoms with Crippen molar-refractivity contribution in [3.63, 3.8) is 0 Å². The van der Waals surface area contributed by atoms with Crippen molar-refractivity contribution in [3.8, 4) is 11.5 Å². The number of nitrogen functional groups attached to an aromatic ring is 1. The zero-order chi connectivity index (χ0) is 18.5. The van der Waals surface area contributed by atoms with E-state index in [2.05, 4.69) is 0 Å². The van der Waals surface area contributed by atoms with E-state index in [0.717, 1.165) is 35.3 Å². The maximum atomic E-state index is 12.7. The first kappa shape index (κ1) is 20.6. The lowest BCUT2D eigenvalue weighted by atomic mass is 10.00. The van der Waals surface area contributed by atoms with Gasteiger partial charge in [-0.3, -0.25) is 4.79 Å². The number of hydrogen-bond donors (Lipinski definition) is 1. The first-order chi connectivity index (χ1) is 12.6. The number of nitrogens with two attached hydrogens (primary N) is 1. The van der Waals surface area contributed by atoms with Gasteiger partial charge in [0.25, 0.3) is 5.91 Å². The molecule has 0 unspecified atom stereocenters. The molecular formula is C21H25ClN2O3. The van der Waals surface area contributed by atoms with E-state index >= 15 is 0 Å². The zero-order valence-electron chi connectivity index (χ0n) is 15.6. The van der Waals surface area contributed by atoms with Crippen LogP contribution < -0.4 is 20.1 Å². The molecule has 0 spiro atoms. The largest absolute Gasteiger partial charge is 0.493 e. The predicted molar refractivity (Wildman–Crippen MR) is 112 cm³/mol. The van der Waals surface area contributed by atoms with Crippen LogP contribution in [0.2, 0.25) is 0 Å². The van der Waals surface area contributed by atoms with Crippen LogP contribution in [0.3, 0.4) is 0 Å². The molecule has 2 aromatic rings. The van der Waals surface area contributed by atoms with Crippen LogP contribution in [0.1, 0.15) is 24.5 Å². The third kappa shape index (κ3) is 4.55. The summed E-state index contributed by atoms with van der Waals surface area (Å²) < 4.78 is 11.1. The predicted octanol–water partition coefficient (Wildman–Crippen LogP) is 4.09. The summed E-state index contributed by atoms with van der Waals surface area (Å²) in [7, 11) is 1.59. The Labute approximate surface area is 166 Å². The average molecular weight is 389 g/mol. The van der Waals surface area contributed by atoms with Crippen LogP contribution in [0.5, 0.6) is 11.5 Å². The Hall–Kier alpha value is -2.66. The van der Waals surface area contributed by atoms with Crippen molar-refractivity contribution in [1.82, 2.24) is 0 Å². The van der Waals surface area contributed by atoms with Crippen LogP contribution in [-0.2, 0) is 11.2 Å². The van der Waals surface area contributed by atoms with Crippen molar-refractivity contribution in [2.45, 2.75) is 19.8 Å². The highest BCUT2D eigenvalue weighted by atomic mass is 35.5. The zero-order valence-corrected chi connectivity index (χ0v) is 16.4. The molecule has 27 heavy (non-hydrogen) atoms. The molecule has 1 amide bonds. The minimum Gasteiger partial charge on any atom is -0.493 e. The SMILES string of the molecule is C/C=C/c1ccc(OCC(=O)N2CCCc3c(N)cccc32)c(OC)c1.Cl. The number of nitrogens with zero attached hydrogens (tertiary/aromatic N) is 1. The van der Waals surface area contributed by atoms with Crippen molar-refractivity contribution in [2.24, 2.45) is 0 Å². The summed E-state index contributed by atoms with van der Waals surface area (Å²) in [5, 5.41) is 0. The minimum atomic E-state index is -0.0869. The van der Waals surface area contributed by atoms with Crippen molar-refractivity contribution in [3.05, 3.63) is 53.6 Å². The average Bonchev–Trinajstić information content (AvgIpc) is 2.66. The van der Waals surface area contributed by atoms with Gasteiger partial charge in [0.15, 0.2) is 18.1 Å². The van der Waals surface area contributed by atoms with E-state index in [1.807, 2.05) is 55.5 Å². The van der Waals surface area contributed by atoms with Crippen LogP contribution in [0.4, 0.5) is 11.4 Å². The highest BCUT2D eigenvalue weighted by Crippen LogP contribution is 2.32. The molecule has 0 bridgehead atoms. The number of anilines is 2. The number of methoxy groups -OCH3 is 1. The Morgan fingerprint density at radius 3 is 2.81 bits per heavy atom. The minimum absolute atomic E-state index is 0. The van der Waals surface area contributed by atoms with Crippen LogP contribution in [0.15, 0.2) is 42.5 Å². The second-order valence-corrected chi connectivity index (χ2v) is 6.19. The van der Waals surface area contributed by atoms with Gasteiger partial charge >= 0.3 is 0 Å². The van der Waals surface area contributed by atoms with E-state index in [4.69, 9.17) is 15.2 Å². The number of rotatable bonds is 5. The van der Waals surface area contributed by atoms with E-state index in [1.165, 1.54) is 0 Å². The fourth-order valence-corrected chi connectivity index (χ4v) is 3.23. The fraction of sp³-hybridized carbons (Fsp3) is 0.286. The van der Waals surface area contributed by atoms with Gasteiger partial charge in [-0.15, -0.1) is 12.4 Å². The van der Waals surface area contributed by atoms with Crippen LogP contribution >= 0.6 is 12.4 Å². The molecule has 0 fully saturated rings. The highest BCUT2D eigenvalue weighted by Gasteiger charge is 2.24. The molecule has 0 atom stereocenters. The molecule has 0 aromatic heterocycles. The Kier molecular flexibility index (Phi) is 7.13. The molecule has 1 aliphatic rings. The molecule has 2 N–H and O–H groups in total. The number of carbonyl (C=O) groups excluding carboxylic acids is 1. The number of fused-ring (bicyclic) bond motifs is 1. The quantitative estimate of drug-likeness (QED) is 0.783. The summed E-state index contributed by atoms with van der Waals surface area (Å²) in [6.45, 7) is 2.59. The summed E-state index contributed by atoms with van der Waals surface area (Å²) in [4.78, 5) is 14.5. The van der Waals surface area contributed by atoms with Gasteiger partial charge < -0.3 is 20.1 Å². The fourth-order valence-electron chi connectivity index (χ4n) is 3.23. The summed E-state index contributed by atoms with van der Waals surface area (Å²) in [5.74, 6) is 1.08. The molecule has 1 heterocycles. The number of carbonyl (C=O) groups is 1. The number of hydrogen-bond acceptors (Lipinski definition) is 4. The van der Waals surface area contributed by atoms with Gasteiger partial charge in [0, 0.05) is 17.9 Å². The molecular weight excluding hydrogens is 364 g/mol. The molecule has 5 nitrogen and oxygen atoms in total. The van der Waals surface area contributed by atoms with Gasteiger partial charge in [0.1, 0.15) is 0 Å². The van der Waals surface area contributed by atoms with E-state index in [9.17, 15) is 4.79 Å². The smallest absolute Gasteiger partial charge is 0.264 e. The first-order valence-corrected chi connectivity index (χ1v) is 8.75.